The number of hydrogen-bond donors (Lipinski definition) is 1. The summed E-state index contributed by atoms with van der Waals surface area (Å²) in [6, 6.07) is 0. The fourth-order valence-electron chi connectivity index (χ4n) is 1.02. The molecule has 1 nitrogen and oxygen atoms in total. The van der Waals surface area contributed by atoms with Gasteiger partial charge in [0.25, 0.3) is 0 Å². The maximum absolute atomic E-state index is 3.76. The highest BCUT2D eigenvalue weighted by Gasteiger charge is 1.84. The van der Waals surface area contributed by atoms with Gasteiger partial charge >= 0.3 is 0 Å². The Labute approximate surface area is 77.2 Å². The molecule has 0 aromatic heterocycles. The fourth-order valence-corrected chi connectivity index (χ4v) is 1.02. The van der Waals surface area contributed by atoms with Crippen LogP contribution in [0, 0.1) is 6.92 Å². The maximum Gasteiger partial charge on any atom is 0.0141 e. The summed E-state index contributed by atoms with van der Waals surface area (Å²) in [4.78, 5) is 0. The third-order valence-corrected chi connectivity index (χ3v) is 1.78. The molecule has 0 fully saturated rings. The van der Waals surface area contributed by atoms with E-state index in [-0.39, 0.29) is 0 Å². The van der Waals surface area contributed by atoms with Crippen molar-refractivity contribution in [2.75, 3.05) is 6.54 Å². The van der Waals surface area contributed by atoms with Crippen LogP contribution in [0.15, 0.2) is 12.3 Å². The molecule has 1 heteroatoms. The smallest absolute Gasteiger partial charge is 0.0141 e. The average molecular weight is 168 g/mol. The Kier molecular flexibility index (Phi) is 10.1. The summed E-state index contributed by atoms with van der Waals surface area (Å²) in [7, 11) is 0. The highest BCUT2D eigenvalue weighted by Crippen LogP contribution is 1.96. The zero-order valence-electron chi connectivity index (χ0n) is 8.31. The number of unbranched alkanes of at least 4 members (excludes halogenated alkanes) is 4. The molecule has 1 radical (unpaired) electrons. The van der Waals surface area contributed by atoms with Crippen LogP contribution >= 0.6 is 0 Å². The van der Waals surface area contributed by atoms with E-state index in [0.29, 0.717) is 0 Å². The molecule has 0 aliphatic carbocycles. The summed E-state index contributed by atoms with van der Waals surface area (Å²) in [5.41, 5.74) is 0. The first-order chi connectivity index (χ1) is 5.91. The predicted octanol–water partition coefficient (Wildman–Crippen LogP) is 3.28. The predicted molar refractivity (Wildman–Crippen MR) is 55.9 cm³/mol. The Morgan fingerprint density at radius 1 is 1.25 bits per heavy atom. The average Bonchev–Trinajstić information content (AvgIpc) is 2.10. The van der Waals surface area contributed by atoms with Gasteiger partial charge in [0.15, 0.2) is 0 Å². The van der Waals surface area contributed by atoms with E-state index in [1.54, 1.807) is 0 Å². The Bertz CT molecular complexity index is 97.2. The third kappa shape index (κ3) is 9.54. The summed E-state index contributed by atoms with van der Waals surface area (Å²) in [5, 5.41) is 3.27. The van der Waals surface area contributed by atoms with Gasteiger partial charge in [0.1, 0.15) is 0 Å². The molecule has 0 aromatic carbocycles. The van der Waals surface area contributed by atoms with Crippen molar-refractivity contribution in [2.24, 2.45) is 0 Å². The maximum atomic E-state index is 3.76. The molecule has 1 N–H and O–H groups in total. The number of hydrogen-bond acceptors (Lipinski definition) is 1. The van der Waals surface area contributed by atoms with E-state index in [0.717, 1.165) is 19.4 Å². The van der Waals surface area contributed by atoms with Gasteiger partial charge < -0.3 is 5.32 Å². The molecule has 0 aliphatic rings. The standard InChI is InChI=1S/C11H22N/c1-3-5-7-9-11-12-10-8-6-4-2/h8,10,12H,2-7,9,11H2,1H3/b10-8+. The van der Waals surface area contributed by atoms with Crippen LogP contribution in [-0.4, -0.2) is 6.54 Å². The van der Waals surface area contributed by atoms with Crippen molar-refractivity contribution >= 4 is 0 Å². The van der Waals surface area contributed by atoms with Crippen molar-refractivity contribution in [3.8, 4) is 0 Å². The minimum atomic E-state index is 0.994. The molecule has 0 amide bonds. The first kappa shape index (κ1) is 11.5. The van der Waals surface area contributed by atoms with Crippen LogP contribution in [0.4, 0.5) is 0 Å². The monoisotopic (exact) mass is 168 g/mol. The molecule has 0 atom stereocenters. The molecule has 0 unspecified atom stereocenters. The minimum Gasteiger partial charge on any atom is -0.391 e. The lowest BCUT2D eigenvalue weighted by Crippen LogP contribution is -2.06. The van der Waals surface area contributed by atoms with Crippen molar-refractivity contribution in [3.05, 3.63) is 19.2 Å². The van der Waals surface area contributed by atoms with Gasteiger partial charge in [-0.3, -0.25) is 0 Å². The molecule has 0 aliphatic heterocycles. The summed E-state index contributed by atoms with van der Waals surface area (Å²) in [5.74, 6) is 0. The lowest BCUT2D eigenvalue weighted by molar-refractivity contribution is 0.645. The molecule has 0 aromatic rings. The van der Waals surface area contributed by atoms with Gasteiger partial charge in [-0.15, -0.1) is 0 Å². The molecule has 71 valence electrons. The molecule has 0 saturated heterocycles. The third-order valence-electron chi connectivity index (χ3n) is 1.78. The molecule has 12 heavy (non-hydrogen) atoms. The van der Waals surface area contributed by atoms with E-state index >= 15 is 0 Å². The van der Waals surface area contributed by atoms with Gasteiger partial charge in [-0.05, 0) is 25.5 Å². The van der Waals surface area contributed by atoms with E-state index in [1.807, 2.05) is 0 Å². The topological polar surface area (TPSA) is 12.0 Å². The summed E-state index contributed by atoms with van der Waals surface area (Å²) in [6.07, 6.45) is 11.6. The summed E-state index contributed by atoms with van der Waals surface area (Å²) < 4.78 is 0. The fraction of sp³-hybridized carbons (Fsp3) is 0.727. The van der Waals surface area contributed by atoms with Gasteiger partial charge in [0.2, 0.25) is 0 Å². The van der Waals surface area contributed by atoms with Gasteiger partial charge in [0.05, 0.1) is 0 Å². The Balaban J connectivity index is 2.90. The van der Waals surface area contributed by atoms with Crippen molar-refractivity contribution < 1.29 is 0 Å². The van der Waals surface area contributed by atoms with Crippen LogP contribution < -0.4 is 5.32 Å². The molecule has 0 rings (SSSR count). The van der Waals surface area contributed by atoms with Gasteiger partial charge in [-0.1, -0.05) is 39.2 Å². The number of rotatable bonds is 8. The first-order valence-electron chi connectivity index (χ1n) is 5.09. The number of nitrogens with one attached hydrogen (secondary N) is 1. The molecule has 0 saturated carbocycles. The van der Waals surface area contributed by atoms with E-state index < -0.39 is 0 Å². The lowest BCUT2D eigenvalue weighted by Gasteiger charge is -1.99. The van der Waals surface area contributed by atoms with E-state index in [4.69, 9.17) is 0 Å². The van der Waals surface area contributed by atoms with Crippen molar-refractivity contribution in [1.82, 2.24) is 5.32 Å². The molecular formula is C11H22N. The summed E-state index contributed by atoms with van der Waals surface area (Å²) >= 11 is 0. The Hall–Kier alpha value is -0.460. The highest BCUT2D eigenvalue weighted by molar-refractivity contribution is 4.79. The minimum absolute atomic E-state index is 0.994. The van der Waals surface area contributed by atoms with Gasteiger partial charge in [-0.25, -0.2) is 0 Å². The lowest BCUT2D eigenvalue weighted by atomic mass is 10.2. The summed E-state index contributed by atoms with van der Waals surface area (Å²) in [6.45, 7) is 7.12. The van der Waals surface area contributed by atoms with Crippen LogP contribution in [0.1, 0.15) is 45.4 Å². The van der Waals surface area contributed by atoms with E-state index in [2.05, 4.69) is 31.4 Å². The Morgan fingerprint density at radius 3 is 2.75 bits per heavy atom. The van der Waals surface area contributed by atoms with Crippen LogP contribution in [0.3, 0.4) is 0 Å². The molecule has 0 bridgehead atoms. The largest absolute Gasteiger partial charge is 0.391 e. The normalized spacial score (nSPS) is 10.8. The first-order valence-corrected chi connectivity index (χ1v) is 5.09. The second kappa shape index (κ2) is 10.5. The SMILES string of the molecule is [CH2]CC/C=C/NCCCCCC. The van der Waals surface area contributed by atoms with Crippen LogP contribution in [0.2, 0.25) is 0 Å². The van der Waals surface area contributed by atoms with Crippen molar-refractivity contribution in [3.63, 3.8) is 0 Å². The van der Waals surface area contributed by atoms with Gasteiger partial charge in [-0.2, -0.15) is 0 Å². The number of allylic oxidation sites excluding steroid dienone is 1. The van der Waals surface area contributed by atoms with E-state index in [9.17, 15) is 0 Å². The van der Waals surface area contributed by atoms with Crippen molar-refractivity contribution in [1.29, 1.82) is 0 Å². The van der Waals surface area contributed by atoms with Gasteiger partial charge in [0, 0.05) is 6.54 Å². The van der Waals surface area contributed by atoms with Crippen molar-refractivity contribution in [2.45, 2.75) is 45.4 Å². The zero-order valence-corrected chi connectivity index (χ0v) is 8.31. The van der Waals surface area contributed by atoms with Crippen LogP contribution in [0.5, 0.6) is 0 Å². The second-order valence-corrected chi connectivity index (χ2v) is 3.06. The quantitative estimate of drug-likeness (QED) is 0.548. The zero-order chi connectivity index (χ0) is 9.07. The highest BCUT2D eigenvalue weighted by atomic mass is 14.8. The second-order valence-electron chi connectivity index (χ2n) is 3.06. The molecule has 0 heterocycles. The molecular weight excluding hydrogens is 146 g/mol. The van der Waals surface area contributed by atoms with E-state index in [1.165, 1.54) is 25.7 Å². The molecule has 0 spiro atoms. The Morgan fingerprint density at radius 2 is 2.08 bits per heavy atom. The van der Waals surface area contributed by atoms with Crippen LogP contribution in [-0.2, 0) is 0 Å². The van der Waals surface area contributed by atoms with Crippen LogP contribution in [0.25, 0.3) is 0 Å².